The first-order valence-electron chi connectivity index (χ1n) is 5.85. The summed E-state index contributed by atoms with van der Waals surface area (Å²) in [4.78, 5) is 0. The summed E-state index contributed by atoms with van der Waals surface area (Å²) in [6.07, 6.45) is 0. The van der Waals surface area contributed by atoms with E-state index < -0.39 is 5.82 Å². The first-order valence-corrected chi connectivity index (χ1v) is 6.61. The Kier molecular flexibility index (Phi) is 3.48. The highest BCUT2D eigenvalue weighted by molar-refractivity contribution is 6.35. The van der Waals surface area contributed by atoms with Crippen molar-refractivity contribution in [3.63, 3.8) is 0 Å². The summed E-state index contributed by atoms with van der Waals surface area (Å²) < 4.78 is 14.6. The number of rotatable bonds is 2. The molecule has 2 N–H and O–H groups in total. The Morgan fingerprint density at radius 2 is 1.90 bits per heavy atom. The van der Waals surface area contributed by atoms with Crippen molar-refractivity contribution < 1.29 is 4.39 Å². The van der Waals surface area contributed by atoms with Crippen LogP contribution in [0.3, 0.4) is 0 Å². The molecule has 0 fully saturated rings. The molecule has 5 nitrogen and oxygen atoms in total. The molecule has 0 unspecified atom stereocenters. The summed E-state index contributed by atoms with van der Waals surface area (Å²) >= 11 is 12.0. The van der Waals surface area contributed by atoms with Gasteiger partial charge in [-0.3, -0.25) is 0 Å². The zero-order chi connectivity index (χ0) is 15.0. The number of nitrogens with two attached hydrogens (primary N) is 1. The van der Waals surface area contributed by atoms with Crippen molar-refractivity contribution in [2.75, 3.05) is 5.73 Å². The number of tetrazole rings is 1. The third kappa shape index (κ3) is 2.55. The number of hydrogen-bond donors (Lipinski definition) is 1. The predicted molar refractivity (Wildman–Crippen MR) is 79.0 cm³/mol. The van der Waals surface area contributed by atoms with Crippen LogP contribution in [0, 0.1) is 5.82 Å². The summed E-state index contributed by atoms with van der Waals surface area (Å²) in [6, 6.07) is 8.94. The van der Waals surface area contributed by atoms with E-state index in [1.165, 1.54) is 22.9 Å². The molecule has 21 heavy (non-hydrogen) atoms. The smallest absolute Gasteiger partial charge is 0.189 e. The van der Waals surface area contributed by atoms with Gasteiger partial charge in [0.2, 0.25) is 0 Å². The van der Waals surface area contributed by atoms with Gasteiger partial charge in [-0.1, -0.05) is 23.2 Å². The van der Waals surface area contributed by atoms with Crippen LogP contribution in [0.5, 0.6) is 0 Å². The molecule has 3 aromatic rings. The van der Waals surface area contributed by atoms with Gasteiger partial charge in [0, 0.05) is 16.3 Å². The van der Waals surface area contributed by atoms with Gasteiger partial charge < -0.3 is 5.73 Å². The van der Waals surface area contributed by atoms with Gasteiger partial charge in [0.1, 0.15) is 5.82 Å². The first kappa shape index (κ1) is 13.8. The number of benzene rings is 2. The highest BCUT2D eigenvalue weighted by Crippen LogP contribution is 2.29. The number of nitrogens with zero attached hydrogens (tertiary/aromatic N) is 4. The van der Waals surface area contributed by atoms with Crippen molar-refractivity contribution in [3.8, 4) is 17.1 Å². The Hall–Kier alpha value is -2.18. The van der Waals surface area contributed by atoms with Crippen molar-refractivity contribution in [1.29, 1.82) is 0 Å². The molecule has 0 aliphatic carbocycles. The van der Waals surface area contributed by atoms with Crippen LogP contribution < -0.4 is 5.73 Å². The molecule has 1 heterocycles. The van der Waals surface area contributed by atoms with E-state index in [9.17, 15) is 4.39 Å². The lowest BCUT2D eigenvalue weighted by Gasteiger charge is -2.08. The van der Waals surface area contributed by atoms with E-state index in [1.807, 2.05) is 0 Å². The molecular formula is C13H8Cl2FN5. The van der Waals surface area contributed by atoms with Crippen LogP contribution >= 0.6 is 23.2 Å². The maximum Gasteiger partial charge on any atom is 0.189 e. The number of nitrogen functional groups attached to an aromatic ring is 1. The minimum Gasteiger partial charge on any atom is -0.398 e. The maximum absolute atomic E-state index is 13.1. The third-order valence-electron chi connectivity index (χ3n) is 2.86. The van der Waals surface area contributed by atoms with Crippen LogP contribution in [0.25, 0.3) is 17.1 Å². The lowest BCUT2D eigenvalue weighted by molar-refractivity contribution is 0.628. The fourth-order valence-electron chi connectivity index (χ4n) is 1.91. The van der Waals surface area contributed by atoms with Crippen LogP contribution in [0.4, 0.5) is 10.1 Å². The number of hydrogen-bond acceptors (Lipinski definition) is 4. The van der Waals surface area contributed by atoms with Crippen molar-refractivity contribution in [1.82, 2.24) is 20.2 Å². The van der Waals surface area contributed by atoms with E-state index in [2.05, 4.69) is 15.5 Å². The summed E-state index contributed by atoms with van der Waals surface area (Å²) in [5.41, 5.74) is 7.10. The molecule has 0 aliphatic rings. The average molecular weight is 324 g/mol. The van der Waals surface area contributed by atoms with E-state index >= 15 is 0 Å². The fourth-order valence-corrected chi connectivity index (χ4v) is 2.40. The Bertz CT molecular complexity index is 752. The SMILES string of the molecule is Nc1cc(F)ccc1-c1nnnn1-c1ccc(Cl)cc1Cl. The molecule has 0 aliphatic heterocycles. The fraction of sp³-hybridized carbons (Fsp3) is 0. The minimum absolute atomic E-state index is 0.233. The van der Waals surface area contributed by atoms with E-state index in [-0.39, 0.29) is 5.69 Å². The van der Waals surface area contributed by atoms with Crippen molar-refractivity contribution in [2.24, 2.45) is 0 Å². The third-order valence-corrected chi connectivity index (χ3v) is 3.40. The Labute approximate surface area is 129 Å². The normalized spacial score (nSPS) is 10.8. The van der Waals surface area contributed by atoms with Crippen molar-refractivity contribution in [3.05, 3.63) is 52.3 Å². The average Bonchev–Trinajstić information content (AvgIpc) is 2.87. The van der Waals surface area contributed by atoms with Gasteiger partial charge in [-0.2, -0.15) is 4.68 Å². The molecule has 8 heteroatoms. The zero-order valence-electron chi connectivity index (χ0n) is 10.5. The lowest BCUT2D eigenvalue weighted by atomic mass is 10.1. The van der Waals surface area contributed by atoms with E-state index in [1.54, 1.807) is 18.2 Å². The quantitative estimate of drug-likeness (QED) is 0.734. The van der Waals surface area contributed by atoms with Crippen LogP contribution in [0.15, 0.2) is 36.4 Å². The van der Waals surface area contributed by atoms with Gasteiger partial charge in [-0.05, 0) is 46.8 Å². The second kappa shape index (κ2) is 5.31. The Balaban J connectivity index is 2.17. The summed E-state index contributed by atoms with van der Waals surface area (Å²) in [6.45, 7) is 0. The molecule has 3 rings (SSSR count). The van der Waals surface area contributed by atoms with Crippen LogP contribution in [-0.4, -0.2) is 20.2 Å². The molecule has 0 bridgehead atoms. The lowest BCUT2D eigenvalue weighted by Crippen LogP contribution is -2.02. The van der Waals surface area contributed by atoms with Gasteiger partial charge in [-0.15, -0.1) is 5.10 Å². The second-order valence-corrected chi connectivity index (χ2v) is 5.09. The standard InChI is InChI=1S/C13H8Cl2FN5/c14-7-1-4-12(10(15)5-7)21-13(18-19-20-21)9-3-2-8(16)6-11(9)17/h1-6H,17H2. The predicted octanol–water partition coefficient (Wildman–Crippen LogP) is 3.36. The molecule has 0 atom stereocenters. The molecule has 0 spiro atoms. The van der Waals surface area contributed by atoms with Gasteiger partial charge in [0.25, 0.3) is 0 Å². The molecule has 0 amide bonds. The maximum atomic E-state index is 13.1. The van der Waals surface area contributed by atoms with Gasteiger partial charge in [-0.25, -0.2) is 4.39 Å². The summed E-state index contributed by atoms with van der Waals surface area (Å²) in [7, 11) is 0. The largest absolute Gasteiger partial charge is 0.398 e. The van der Waals surface area contributed by atoms with Crippen LogP contribution in [0.2, 0.25) is 10.0 Å². The van der Waals surface area contributed by atoms with Crippen molar-refractivity contribution >= 4 is 28.9 Å². The number of halogens is 3. The second-order valence-electron chi connectivity index (χ2n) is 4.24. The molecule has 106 valence electrons. The molecule has 0 saturated heterocycles. The van der Waals surface area contributed by atoms with E-state index in [0.717, 1.165) is 0 Å². The van der Waals surface area contributed by atoms with Gasteiger partial charge >= 0.3 is 0 Å². The highest BCUT2D eigenvalue weighted by atomic mass is 35.5. The molecular weight excluding hydrogens is 316 g/mol. The Morgan fingerprint density at radius 1 is 1.10 bits per heavy atom. The summed E-state index contributed by atoms with van der Waals surface area (Å²) in [5, 5.41) is 12.3. The molecule has 2 aromatic carbocycles. The summed E-state index contributed by atoms with van der Waals surface area (Å²) in [5.74, 6) is -0.0727. The van der Waals surface area contributed by atoms with Crippen molar-refractivity contribution in [2.45, 2.75) is 0 Å². The van der Waals surface area contributed by atoms with Gasteiger partial charge in [0.05, 0.1) is 10.7 Å². The molecule has 0 saturated carbocycles. The zero-order valence-corrected chi connectivity index (χ0v) is 12.0. The number of aromatic nitrogens is 4. The molecule has 1 aromatic heterocycles. The first-order chi connectivity index (χ1) is 10.1. The van der Waals surface area contributed by atoms with Crippen LogP contribution in [0.1, 0.15) is 0 Å². The van der Waals surface area contributed by atoms with Gasteiger partial charge in [0.15, 0.2) is 5.82 Å². The highest BCUT2D eigenvalue weighted by Gasteiger charge is 2.16. The number of anilines is 1. The molecule has 0 radical (unpaired) electrons. The Morgan fingerprint density at radius 3 is 2.62 bits per heavy atom. The monoisotopic (exact) mass is 323 g/mol. The van der Waals surface area contributed by atoms with E-state index in [0.29, 0.717) is 27.1 Å². The minimum atomic E-state index is -0.431. The van der Waals surface area contributed by atoms with E-state index in [4.69, 9.17) is 28.9 Å². The van der Waals surface area contributed by atoms with Crippen LogP contribution in [-0.2, 0) is 0 Å². The topological polar surface area (TPSA) is 69.6 Å².